The molecule has 1 saturated heterocycles. The Morgan fingerprint density at radius 1 is 1.00 bits per heavy atom. The summed E-state index contributed by atoms with van der Waals surface area (Å²) in [6.45, 7) is 2.50. The molecule has 1 nitrogen and oxygen atoms in total. The number of hydrogen-bond donors (Lipinski definition) is 1. The molecule has 1 aliphatic rings. The Hall–Kier alpha value is 0.375. The molecule has 0 unspecified atom stereocenters. The first-order chi connectivity index (χ1) is 4.41. The Kier molecular flexibility index (Phi) is 15.7. The van der Waals surface area contributed by atoms with Crippen molar-refractivity contribution in [1.29, 1.82) is 0 Å². The fraction of sp³-hybridized carbons (Fsp3) is 1.00. The summed E-state index contributed by atoms with van der Waals surface area (Å²) in [5.74, 6) is 0. The molecule has 1 rings (SSSR count). The second-order valence-corrected chi connectivity index (χ2v) is 3.04. The third-order valence-electron chi connectivity index (χ3n) is 1.21. The molecule has 0 radical (unpaired) electrons. The summed E-state index contributed by atoms with van der Waals surface area (Å²) in [4.78, 5) is 0. The van der Waals surface area contributed by atoms with Crippen molar-refractivity contribution >= 4 is 20.2 Å². The van der Waals surface area contributed by atoms with Gasteiger partial charge in [0.2, 0.25) is 0 Å². The molecular formula is C7H20BNS. The van der Waals surface area contributed by atoms with Gasteiger partial charge in [-0.05, 0) is 38.4 Å². The quantitative estimate of drug-likeness (QED) is 0.521. The summed E-state index contributed by atoms with van der Waals surface area (Å²) in [5, 5.41) is 3.28. The number of piperidine rings is 1. The van der Waals surface area contributed by atoms with Crippen LogP contribution in [0.5, 0.6) is 0 Å². The SMILES string of the molecule is B.C1CCNCC1.CSC. The average Bonchev–Trinajstić information content (AvgIpc) is 1.93. The van der Waals surface area contributed by atoms with E-state index in [9.17, 15) is 0 Å². The minimum absolute atomic E-state index is 0. The maximum atomic E-state index is 3.28. The van der Waals surface area contributed by atoms with E-state index in [0.717, 1.165) is 0 Å². The van der Waals surface area contributed by atoms with Crippen molar-refractivity contribution in [3.63, 3.8) is 0 Å². The molecule has 0 amide bonds. The van der Waals surface area contributed by atoms with E-state index in [-0.39, 0.29) is 8.41 Å². The second-order valence-electron chi connectivity index (χ2n) is 2.22. The van der Waals surface area contributed by atoms with E-state index in [4.69, 9.17) is 0 Å². The van der Waals surface area contributed by atoms with E-state index in [1.807, 2.05) is 12.5 Å². The largest absolute Gasteiger partial charge is 0.317 e. The van der Waals surface area contributed by atoms with Crippen LogP contribution in [0.2, 0.25) is 0 Å². The van der Waals surface area contributed by atoms with Crippen molar-refractivity contribution in [1.82, 2.24) is 5.32 Å². The van der Waals surface area contributed by atoms with Gasteiger partial charge in [-0.15, -0.1) is 0 Å². The lowest BCUT2D eigenvalue weighted by molar-refractivity contribution is 0.520. The van der Waals surface area contributed by atoms with Crippen molar-refractivity contribution in [3.8, 4) is 0 Å². The third kappa shape index (κ3) is 11.2. The van der Waals surface area contributed by atoms with E-state index >= 15 is 0 Å². The molecule has 0 spiro atoms. The first-order valence-electron chi connectivity index (χ1n) is 3.52. The predicted octanol–water partition coefficient (Wildman–Crippen LogP) is 0.555. The highest BCUT2D eigenvalue weighted by Crippen LogP contribution is 1.96. The Morgan fingerprint density at radius 3 is 1.50 bits per heavy atom. The Labute approximate surface area is 70.9 Å². The summed E-state index contributed by atoms with van der Waals surface area (Å²) in [5.41, 5.74) is 0. The normalized spacial score (nSPS) is 16.2. The highest BCUT2D eigenvalue weighted by atomic mass is 32.2. The monoisotopic (exact) mass is 161 g/mol. The number of hydrogen-bond acceptors (Lipinski definition) is 2. The summed E-state index contributed by atoms with van der Waals surface area (Å²) in [6.07, 6.45) is 8.30. The molecule has 1 aliphatic heterocycles. The van der Waals surface area contributed by atoms with Crippen molar-refractivity contribution in [3.05, 3.63) is 0 Å². The zero-order valence-electron chi connectivity index (χ0n) is 6.44. The molecule has 0 aromatic carbocycles. The van der Waals surface area contributed by atoms with E-state index in [0.29, 0.717) is 0 Å². The number of nitrogens with one attached hydrogen (secondary N) is 1. The number of thioether (sulfide) groups is 1. The molecule has 0 atom stereocenters. The summed E-state index contributed by atoms with van der Waals surface area (Å²) in [6, 6.07) is 0. The van der Waals surface area contributed by atoms with Gasteiger partial charge < -0.3 is 5.32 Å². The molecule has 1 N–H and O–H groups in total. The Bertz CT molecular complexity index is 37.4. The van der Waals surface area contributed by atoms with Crippen LogP contribution in [0.25, 0.3) is 0 Å². The molecule has 0 saturated carbocycles. The summed E-state index contributed by atoms with van der Waals surface area (Å²) < 4.78 is 0. The van der Waals surface area contributed by atoms with Crippen LogP contribution in [0.15, 0.2) is 0 Å². The summed E-state index contributed by atoms with van der Waals surface area (Å²) >= 11 is 1.75. The first-order valence-corrected chi connectivity index (χ1v) is 5.16. The molecule has 0 bridgehead atoms. The van der Waals surface area contributed by atoms with Gasteiger partial charge in [-0.1, -0.05) is 6.42 Å². The van der Waals surface area contributed by atoms with Gasteiger partial charge in [0.15, 0.2) is 0 Å². The van der Waals surface area contributed by atoms with Gasteiger partial charge in [0.25, 0.3) is 0 Å². The van der Waals surface area contributed by atoms with Crippen molar-refractivity contribution in [2.45, 2.75) is 19.3 Å². The van der Waals surface area contributed by atoms with Crippen LogP contribution in [0.1, 0.15) is 19.3 Å². The zero-order valence-corrected chi connectivity index (χ0v) is 7.26. The molecular weight excluding hydrogens is 141 g/mol. The number of rotatable bonds is 0. The molecule has 3 heteroatoms. The molecule has 10 heavy (non-hydrogen) atoms. The van der Waals surface area contributed by atoms with Crippen LogP contribution in [0, 0.1) is 0 Å². The smallest absolute Gasteiger partial charge is 0.0814 e. The van der Waals surface area contributed by atoms with Crippen LogP contribution < -0.4 is 5.32 Å². The molecule has 0 aliphatic carbocycles. The van der Waals surface area contributed by atoms with E-state index in [2.05, 4.69) is 5.32 Å². The van der Waals surface area contributed by atoms with Gasteiger partial charge in [-0.2, -0.15) is 11.8 Å². The topological polar surface area (TPSA) is 12.0 Å². The second kappa shape index (κ2) is 12.1. The predicted molar refractivity (Wildman–Crippen MR) is 56.1 cm³/mol. The van der Waals surface area contributed by atoms with Crippen LogP contribution in [-0.2, 0) is 0 Å². The van der Waals surface area contributed by atoms with Crippen LogP contribution in [0.3, 0.4) is 0 Å². The molecule has 0 aromatic rings. The first kappa shape index (κ1) is 13.0. The fourth-order valence-corrected chi connectivity index (χ4v) is 0.802. The Balaban J connectivity index is 0. The molecule has 1 fully saturated rings. The lowest BCUT2D eigenvalue weighted by Crippen LogP contribution is -2.21. The molecule has 1 heterocycles. The zero-order chi connectivity index (χ0) is 6.95. The standard InChI is InChI=1S/C5H11N.C2H6S.BH3/c1-2-4-6-5-3-1;1-3-2;/h6H,1-5H2;1-2H3;1H3. The maximum Gasteiger partial charge on any atom is 0.0814 e. The van der Waals surface area contributed by atoms with Crippen LogP contribution in [0.4, 0.5) is 0 Å². The van der Waals surface area contributed by atoms with Crippen LogP contribution in [-0.4, -0.2) is 34.0 Å². The highest BCUT2D eigenvalue weighted by Gasteiger charge is 1.93. The lowest BCUT2D eigenvalue weighted by atomic mass is 10.2. The summed E-state index contributed by atoms with van der Waals surface area (Å²) in [7, 11) is 0. The van der Waals surface area contributed by atoms with Gasteiger partial charge >= 0.3 is 0 Å². The molecule has 62 valence electrons. The van der Waals surface area contributed by atoms with Gasteiger partial charge in [0.1, 0.15) is 0 Å². The van der Waals surface area contributed by atoms with E-state index < -0.39 is 0 Å². The lowest BCUT2D eigenvalue weighted by Gasteiger charge is -2.08. The van der Waals surface area contributed by atoms with Crippen molar-refractivity contribution in [2.75, 3.05) is 25.6 Å². The minimum Gasteiger partial charge on any atom is -0.317 e. The van der Waals surface area contributed by atoms with Gasteiger partial charge in [-0.25, -0.2) is 0 Å². The van der Waals surface area contributed by atoms with E-state index in [1.165, 1.54) is 32.4 Å². The van der Waals surface area contributed by atoms with Gasteiger partial charge in [0, 0.05) is 0 Å². The molecule has 0 aromatic heterocycles. The van der Waals surface area contributed by atoms with Crippen LogP contribution >= 0.6 is 11.8 Å². The van der Waals surface area contributed by atoms with Crippen molar-refractivity contribution < 1.29 is 0 Å². The van der Waals surface area contributed by atoms with Gasteiger partial charge in [0.05, 0.1) is 8.41 Å². The fourth-order valence-electron chi connectivity index (χ4n) is 0.802. The van der Waals surface area contributed by atoms with Crippen molar-refractivity contribution in [2.24, 2.45) is 0 Å². The maximum absolute atomic E-state index is 3.28. The third-order valence-corrected chi connectivity index (χ3v) is 1.21. The highest BCUT2D eigenvalue weighted by molar-refractivity contribution is 7.97. The van der Waals surface area contributed by atoms with Gasteiger partial charge in [-0.3, -0.25) is 0 Å². The minimum atomic E-state index is 0. The average molecular weight is 161 g/mol. The Morgan fingerprint density at radius 2 is 1.40 bits per heavy atom. The van der Waals surface area contributed by atoms with E-state index in [1.54, 1.807) is 11.8 Å².